The van der Waals surface area contributed by atoms with Crippen molar-refractivity contribution in [3.8, 4) is 5.75 Å². The van der Waals surface area contributed by atoms with Gasteiger partial charge in [0.1, 0.15) is 5.75 Å². The Morgan fingerprint density at radius 1 is 1.25 bits per heavy atom. The molecule has 1 nitrogen and oxygen atoms in total. The second-order valence-corrected chi connectivity index (χ2v) is 3.90. The van der Waals surface area contributed by atoms with Crippen LogP contribution in [0.3, 0.4) is 0 Å². The zero-order chi connectivity index (χ0) is 8.10. The number of methoxy groups -OCH3 is 1. The van der Waals surface area contributed by atoms with Gasteiger partial charge in [0.25, 0.3) is 0 Å². The molecule has 0 bridgehead atoms. The molecule has 0 aliphatic rings. The largest absolute Gasteiger partial charge is 0.497 e. The van der Waals surface area contributed by atoms with Crippen LogP contribution in [-0.2, 0) is 0 Å². The Labute approximate surface area is 81.7 Å². The van der Waals surface area contributed by atoms with Crippen molar-refractivity contribution in [1.29, 1.82) is 0 Å². The van der Waals surface area contributed by atoms with Crippen LogP contribution in [0.15, 0.2) is 24.3 Å². The third-order valence-corrected chi connectivity index (χ3v) is 2.57. The van der Waals surface area contributed by atoms with Crippen LogP contribution in [0.4, 0.5) is 0 Å². The summed E-state index contributed by atoms with van der Waals surface area (Å²) >= 11 is 0. The van der Waals surface area contributed by atoms with Gasteiger partial charge in [-0.1, -0.05) is 27.6 Å². The molecule has 0 amide bonds. The van der Waals surface area contributed by atoms with Gasteiger partial charge in [0.2, 0.25) is 0 Å². The molecule has 0 N–H and O–H groups in total. The Morgan fingerprint density at radius 3 is 2.25 bits per heavy atom. The van der Waals surface area contributed by atoms with E-state index < -0.39 is 0 Å². The minimum absolute atomic E-state index is 0. The van der Waals surface area contributed by atoms with E-state index in [0.717, 1.165) is 14.3 Å². The summed E-state index contributed by atoms with van der Waals surface area (Å²) in [7, 11) is 2.62. The normalized spacial score (nSPS) is 9.83. The van der Waals surface area contributed by atoms with E-state index in [1.165, 1.54) is 11.5 Å². The first-order valence-electron chi connectivity index (χ1n) is 3.74. The fraction of sp³-hybridized carbons (Fsp3) is 0.333. The standard InChI is InChI=1S/C9H13OP.ClH/c1-3-11-9-6-4-8(10-2)5-7-9;/h4-7,11H,3H2,1-2H3;1H. The molecule has 0 aliphatic heterocycles. The highest BCUT2D eigenvalue weighted by Crippen LogP contribution is 2.12. The van der Waals surface area contributed by atoms with Crippen LogP contribution in [0.5, 0.6) is 5.75 Å². The highest BCUT2D eigenvalue weighted by atomic mass is 35.5. The van der Waals surface area contributed by atoms with Crippen molar-refractivity contribution in [1.82, 2.24) is 0 Å². The van der Waals surface area contributed by atoms with Crippen LogP contribution in [-0.4, -0.2) is 13.3 Å². The molecule has 0 heterocycles. The molecule has 68 valence electrons. The van der Waals surface area contributed by atoms with Crippen LogP contribution in [0.1, 0.15) is 6.92 Å². The number of halogens is 1. The van der Waals surface area contributed by atoms with Gasteiger partial charge in [0.15, 0.2) is 0 Å². The van der Waals surface area contributed by atoms with Crippen molar-refractivity contribution in [3.63, 3.8) is 0 Å². The van der Waals surface area contributed by atoms with E-state index in [0.29, 0.717) is 0 Å². The number of hydrogen-bond acceptors (Lipinski definition) is 1. The van der Waals surface area contributed by atoms with Crippen LogP contribution in [0.25, 0.3) is 0 Å². The lowest BCUT2D eigenvalue weighted by Crippen LogP contribution is -1.93. The van der Waals surface area contributed by atoms with Gasteiger partial charge in [0.05, 0.1) is 7.11 Å². The van der Waals surface area contributed by atoms with Crippen LogP contribution in [0, 0.1) is 0 Å². The molecule has 0 spiro atoms. The first-order chi connectivity index (χ1) is 5.36. The second kappa shape index (κ2) is 6.28. The Bertz CT molecular complexity index is 210. The van der Waals surface area contributed by atoms with Crippen molar-refractivity contribution in [2.75, 3.05) is 13.3 Å². The van der Waals surface area contributed by atoms with E-state index in [2.05, 4.69) is 19.1 Å². The zero-order valence-electron chi connectivity index (χ0n) is 7.33. The Kier molecular flexibility index (Phi) is 6.14. The molecule has 12 heavy (non-hydrogen) atoms. The topological polar surface area (TPSA) is 9.23 Å². The SMILES string of the molecule is CCPc1ccc(OC)cc1.Cl. The molecule has 1 aromatic rings. The fourth-order valence-electron chi connectivity index (χ4n) is 0.913. The highest BCUT2D eigenvalue weighted by molar-refractivity contribution is 7.47. The minimum Gasteiger partial charge on any atom is -0.497 e. The van der Waals surface area contributed by atoms with Crippen LogP contribution < -0.4 is 10.0 Å². The number of ether oxygens (including phenoxy) is 1. The van der Waals surface area contributed by atoms with E-state index in [9.17, 15) is 0 Å². The maximum absolute atomic E-state index is 5.05. The molecule has 1 atom stereocenters. The average molecular weight is 205 g/mol. The van der Waals surface area contributed by atoms with Gasteiger partial charge < -0.3 is 4.74 Å². The molecular weight excluding hydrogens is 191 g/mol. The monoisotopic (exact) mass is 204 g/mol. The predicted octanol–water partition coefficient (Wildman–Crippen LogP) is 2.44. The lowest BCUT2D eigenvalue weighted by Gasteiger charge is -2.00. The molecule has 1 aromatic carbocycles. The summed E-state index contributed by atoms with van der Waals surface area (Å²) in [5.41, 5.74) is 0. The lowest BCUT2D eigenvalue weighted by atomic mass is 10.3. The van der Waals surface area contributed by atoms with Gasteiger partial charge in [-0.25, -0.2) is 0 Å². The third-order valence-electron chi connectivity index (χ3n) is 1.47. The summed E-state index contributed by atoms with van der Waals surface area (Å²) in [5, 5.41) is 1.41. The van der Waals surface area contributed by atoms with Crippen molar-refractivity contribution >= 4 is 26.3 Å². The van der Waals surface area contributed by atoms with Crippen molar-refractivity contribution < 1.29 is 4.74 Å². The smallest absolute Gasteiger partial charge is 0.118 e. The van der Waals surface area contributed by atoms with E-state index in [4.69, 9.17) is 4.74 Å². The first-order valence-corrected chi connectivity index (χ1v) is 4.95. The molecule has 0 aromatic heterocycles. The molecule has 1 unspecified atom stereocenters. The Hall–Kier alpha value is -0.260. The molecule has 0 aliphatic carbocycles. The maximum Gasteiger partial charge on any atom is 0.118 e. The average Bonchev–Trinajstić information content (AvgIpc) is 2.07. The van der Waals surface area contributed by atoms with E-state index in [1.807, 2.05) is 12.1 Å². The number of benzene rings is 1. The summed E-state index contributed by atoms with van der Waals surface area (Å²) in [6.45, 7) is 2.20. The summed E-state index contributed by atoms with van der Waals surface area (Å²) in [6, 6.07) is 8.28. The van der Waals surface area contributed by atoms with E-state index in [-0.39, 0.29) is 12.4 Å². The molecule has 3 heteroatoms. The lowest BCUT2D eigenvalue weighted by molar-refractivity contribution is 0.415. The summed E-state index contributed by atoms with van der Waals surface area (Å²) in [4.78, 5) is 0. The molecule has 1 rings (SSSR count). The minimum atomic E-state index is 0. The third kappa shape index (κ3) is 3.42. The second-order valence-electron chi connectivity index (χ2n) is 2.26. The van der Waals surface area contributed by atoms with Gasteiger partial charge in [-0.2, -0.15) is 0 Å². The number of hydrogen-bond donors (Lipinski definition) is 0. The predicted molar refractivity (Wildman–Crippen MR) is 58.7 cm³/mol. The maximum atomic E-state index is 5.05. The molecule has 0 saturated carbocycles. The molecule has 0 radical (unpaired) electrons. The van der Waals surface area contributed by atoms with E-state index >= 15 is 0 Å². The van der Waals surface area contributed by atoms with Gasteiger partial charge in [0, 0.05) is 0 Å². The fourth-order valence-corrected chi connectivity index (χ4v) is 1.72. The highest BCUT2D eigenvalue weighted by Gasteiger charge is 1.91. The van der Waals surface area contributed by atoms with Crippen LogP contribution in [0.2, 0.25) is 0 Å². The summed E-state index contributed by atoms with van der Waals surface area (Å²) in [5.74, 6) is 0.939. The van der Waals surface area contributed by atoms with E-state index in [1.54, 1.807) is 7.11 Å². The van der Waals surface area contributed by atoms with Crippen molar-refractivity contribution in [2.45, 2.75) is 6.92 Å². The summed E-state index contributed by atoms with van der Waals surface area (Å²) < 4.78 is 5.05. The van der Waals surface area contributed by atoms with Gasteiger partial charge in [-0.3, -0.25) is 0 Å². The first kappa shape index (κ1) is 11.7. The quantitative estimate of drug-likeness (QED) is 0.688. The van der Waals surface area contributed by atoms with Gasteiger partial charge in [-0.15, -0.1) is 12.4 Å². The van der Waals surface area contributed by atoms with Gasteiger partial charge >= 0.3 is 0 Å². The zero-order valence-corrected chi connectivity index (χ0v) is 9.15. The van der Waals surface area contributed by atoms with Crippen molar-refractivity contribution in [3.05, 3.63) is 24.3 Å². The van der Waals surface area contributed by atoms with Crippen LogP contribution >= 0.6 is 21.0 Å². The van der Waals surface area contributed by atoms with Gasteiger partial charge in [-0.05, 0) is 23.6 Å². The van der Waals surface area contributed by atoms with Crippen molar-refractivity contribution in [2.24, 2.45) is 0 Å². The Balaban J connectivity index is 0.00000121. The Morgan fingerprint density at radius 2 is 1.83 bits per heavy atom. The molecule has 0 saturated heterocycles. The number of rotatable bonds is 3. The molecule has 0 fully saturated rings. The summed E-state index contributed by atoms with van der Waals surface area (Å²) in [6.07, 6.45) is 1.23. The molecular formula is C9H14ClOP.